The second-order valence-corrected chi connectivity index (χ2v) is 4.57. The van der Waals surface area contributed by atoms with Crippen molar-refractivity contribution in [3.8, 4) is 0 Å². The molecule has 0 saturated carbocycles. The van der Waals surface area contributed by atoms with Gasteiger partial charge in [0, 0.05) is 4.48 Å². The largest absolute Gasteiger partial charge is 0.501 e. The second-order valence-electron chi connectivity index (χ2n) is 2.86. The normalized spacial score (nSPS) is 12.9. The third-order valence-electron chi connectivity index (χ3n) is 1.72. The van der Waals surface area contributed by atoms with E-state index >= 15 is 0 Å². The minimum atomic E-state index is 0.234. The molecule has 0 atom stereocenters. The number of hydrogen-bond acceptors (Lipinski definition) is 1. The first-order chi connectivity index (χ1) is 5.68. The van der Waals surface area contributed by atoms with E-state index in [1.807, 2.05) is 0 Å². The number of allylic oxidation sites excluding steroid dienone is 1. The van der Waals surface area contributed by atoms with Gasteiger partial charge in [0.15, 0.2) is 4.67 Å². The molecule has 0 bridgehead atoms. The van der Waals surface area contributed by atoms with Crippen molar-refractivity contribution in [3.63, 3.8) is 0 Å². The van der Waals surface area contributed by atoms with Gasteiger partial charge < -0.3 is 5.11 Å². The van der Waals surface area contributed by atoms with Crippen molar-refractivity contribution in [1.82, 2.24) is 0 Å². The Morgan fingerprint density at radius 1 is 1.08 bits per heavy atom. The highest BCUT2D eigenvalue weighted by Crippen LogP contribution is 2.21. The Labute approximate surface area is 91.5 Å². The van der Waals surface area contributed by atoms with Gasteiger partial charge in [0.1, 0.15) is 0 Å². The fraction of sp³-hybridized carbons (Fsp3) is 0.778. The number of rotatable bonds is 6. The van der Waals surface area contributed by atoms with Gasteiger partial charge in [-0.3, -0.25) is 0 Å². The first kappa shape index (κ1) is 12.5. The van der Waals surface area contributed by atoms with Gasteiger partial charge in [-0.25, -0.2) is 0 Å². The monoisotopic (exact) mass is 298 g/mol. The molecule has 0 rings (SSSR count). The summed E-state index contributed by atoms with van der Waals surface area (Å²) in [5.41, 5.74) is 0. The molecule has 0 aromatic carbocycles. The first-order valence-electron chi connectivity index (χ1n) is 4.41. The third-order valence-corrected chi connectivity index (χ3v) is 3.51. The van der Waals surface area contributed by atoms with E-state index < -0.39 is 0 Å². The van der Waals surface area contributed by atoms with Crippen LogP contribution in [0.25, 0.3) is 0 Å². The maximum atomic E-state index is 8.97. The van der Waals surface area contributed by atoms with Gasteiger partial charge in [-0.05, 0) is 28.8 Å². The van der Waals surface area contributed by atoms with Gasteiger partial charge in [0.05, 0.1) is 0 Å². The lowest BCUT2D eigenvalue weighted by molar-refractivity contribution is 0.455. The molecule has 1 N–H and O–H groups in total. The molecule has 0 amide bonds. The van der Waals surface area contributed by atoms with E-state index in [0.29, 0.717) is 0 Å². The molecule has 0 fully saturated rings. The van der Waals surface area contributed by atoms with Crippen molar-refractivity contribution >= 4 is 31.9 Å². The fourth-order valence-electron chi connectivity index (χ4n) is 0.987. The first-order valence-corrected chi connectivity index (χ1v) is 6.00. The summed E-state index contributed by atoms with van der Waals surface area (Å²) in [5.74, 6) is 0. The lowest BCUT2D eigenvalue weighted by atomic mass is 10.1. The summed E-state index contributed by atoms with van der Waals surface area (Å²) in [6.07, 6.45) is 7.24. The SMILES string of the molecule is CCCCCCC/C(Br)=C(/O)Br. The lowest BCUT2D eigenvalue weighted by Gasteiger charge is -1.99. The van der Waals surface area contributed by atoms with E-state index in [4.69, 9.17) is 5.11 Å². The topological polar surface area (TPSA) is 20.2 Å². The lowest BCUT2D eigenvalue weighted by Crippen LogP contribution is -1.80. The molecular weight excluding hydrogens is 284 g/mol. The summed E-state index contributed by atoms with van der Waals surface area (Å²) in [5, 5.41) is 8.97. The van der Waals surface area contributed by atoms with Crippen LogP contribution in [0.3, 0.4) is 0 Å². The van der Waals surface area contributed by atoms with E-state index in [-0.39, 0.29) is 4.67 Å². The molecule has 0 aliphatic rings. The van der Waals surface area contributed by atoms with Gasteiger partial charge >= 0.3 is 0 Å². The number of hydrogen-bond donors (Lipinski definition) is 1. The number of aliphatic hydroxyl groups excluding tert-OH is 1. The van der Waals surface area contributed by atoms with E-state index in [2.05, 4.69) is 38.8 Å². The quantitative estimate of drug-likeness (QED) is 0.548. The molecule has 0 aliphatic carbocycles. The Hall–Kier alpha value is 0.500. The molecule has 0 saturated heterocycles. The molecule has 12 heavy (non-hydrogen) atoms. The summed E-state index contributed by atoms with van der Waals surface area (Å²) in [4.78, 5) is 0. The van der Waals surface area contributed by atoms with Crippen molar-refractivity contribution in [2.75, 3.05) is 0 Å². The molecule has 72 valence electrons. The fourth-order valence-corrected chi connectivity index (χ4v) is 1.47. The molecule has 1 nitrogen and oxygen atoms in total. The minimum Gasteiger partial charge on any atom is -0.501 e. The zero-order valence-electron chi connectivity index (χ0n) is 7.45. The summed E-state index contributed by atoms with van der Waals surface area (Å²) < 4.78 is 1.11. The van der Waals surface area contributed by atoms with Crippen molar-refractivity contribution < 1.29 is 5.11 Å². The Balaban J connectivity index is 3.26. The van der Waals surface area contributed by atoms with E-state index in [1.54, 1.807) is 0 Å². The summed E-state index contributed by atoms with van der Waals surface area (Å²) in [6, 6.07) is 0. The van der Waals surface area contributed by atoms with Crippen LogP contribution in [0.5, 0.6) is 0 Å². The van der Waals surface area contributed by atoms with Gasteiger partial charge in [0.25, 0.3) is 0 Å². The predicted octanol–water partition coefficient (Wildman–Crippen LogP) is 4.86. The smallest absolute Gasteiger partial charge is 0.169 e. The van der Waals surface area contributed by atoms with Crippen LogP contribution in [0.1, 0.15) is 45.4 Å². The summed E-state index contributed by atoms with van der Waals surface area (Å²) in [6.45, 7) is 2.21. The highest BCUT2D eigenvalue weighted by Gasteiger charge is 1.97. The summed E-state index contributed by atoms with van der Waals surface area (Å²) in [7, 11) is 0. The predicted molar refractivity (Wildman–Crippen MR) is 60.9 cm³/mol. The zero-order chi connectivity index (χ0) is 9.40. The Morgan fingerprint density at radius 2 is 1.67 bits per heavy atom. The maximum absolute atomic E-state index is 8.97. The highest BCUT2D eigenvalue weighted by atomic mass is 79.9. The molecule has 0 spiro atoms. The summed E-state index contributed by atoms with van der Waals surface area (Å²) >= 11 is 6.31. The minimum absolute atomic E-state index is 0.234. The van der Waals surface area contributed by atoms with Gasteiger partial charge in [-0.15, -0.1) is 0 Å². The second kappa shape index (κ2) is 8.11. The van der Waals surface area contributed by atoms with Crippen LogP contribution in [-0.4, -0.2) is 5.11 Å². The average Bonchev–Trinajstić information content (AvgIpc) is 2.03. The van der Waals surface area contributed by atoms with Crippen LogP contribution in [0.4, 0.5) is 0 Å². The molecule has 0 aromatic rings. The van der Waals surface area contributed by atoms with E-state index in [0.717, 1.165) is 17.3 Å². The molecule has 3 heteroatoms. The van der Waals surface area contributed by atoms with E-state index in [9.17, 15) is 0 Å². The van der Waals surface area contributed by atoms with Crippen LogP contribution in [-0.2, 0) is 0 Å². The highest BCUT2D eigenvalue weighted by molar-refractivity contribution is 9.14. The molecule has 0 unspecified atom stereocenters. The Morgan fingerprint density at radius 3 is 2.17 bits per heavy atom. The van der Waals surface area contributed by atoms with Crippen molar-refractivity contribution in [3.05, 3.63) is 9.15 Å². The Bertz CT molecular complexity index is 139. The van der Waals surface area contributed by atoms with Crippen LogP contribution >= 0.6 is 31.9 Å². The molecule has 0 aliphatic heterocycles. The molecular formula is C9H16Br2O. The number of unbranched alkanes of at least 4 members (excludes halogenated alkanes) is 4. The number of aliphatic hydroxyl groups is 1. The van der Waals surface area contributed by atoms with Crippen molar-refractivity contribution in [1.29, 1.82) is 0 Å². The molecule has 0 aromatic heterocycles. The van der Waals surface area contributed by atoms with Crippen LogP contribution in [0.2, 0.25) is 0 Å². The Kier molecular flexibility index (Phi) is 8.45. The van der Waals surface area contributed by atoms with Crippen molar-refractivity contribution in [2.24, 2.45) is 0 Å². The van der Waals surface area contributed by atoms with Crippen molar-refractivity contribution in [2.45, 2.75) is 45.4 Å². The van der Waals surface area contributed by atoms with Gasteiger partial charge in [-0.1, -0.05) is 48.5 Å². The van der Waals surface area contributed by atoms with Crippen LogP contribution in [0, 0.1) is 0 Å². The maximum Gasteiger partial charge on any atom is 0.169 e. The van der Waals surface area contributed by atoms with E-state index in [1.165, 1.54) is 25.7 Å². The molecule has 0 radical (unpaired) electrons. The molecule has 0 heterocycles. The average molecular weight is 300 g/mol. The van der Waals surface area contributed by atoms with Crippen LogP contribution < -0.4 is 0 Å². The zero-order valence-corrected chi connectivity index (χ0v) is 10.6. The standard InChI is InChI=1S/C9H16Br2O/c1-2-3-4-5-6-7-8(10)9(11)12/h12H,2-7H2,1H3/b9-8-. The van der Waals surface area contributed by atoms with Gasteiger partial charge in [-0.2, -0.15) is 0 Å². The van der Waals surface area contributed by atoms with Crippen LogP contribution in [0.15, 0.2) is 9.15 Å². The number of halogens is 2. The third kappa shape index (κ3) is 7.17. The van der Waals surface area contributed by atoms with Gasteiger partial charge in [0.2, 0.25) is 0 Å².